The highest BCUT2D eigenvalue weighted by Crippen LogP contribution is 2.29. The van der Waals surface area contributed by atoms with Gasteiger partial charge >= 0.3 is 5.97 Å². The summed E-state index contributed by atoms with van der Waals surface area (Å²) in [5.41, 5.74) is 2.40. The molecule has 0 aliphatic carbocycles. The van der Waals surface area contributed by atoms with Gasteiger partial charge in [-0.05, 0) is 17.0 Å². The SMILES string of the molecule is CC(C)(C)c1ccc2c(c1)CN(CC(=O)O)CCO2. The van der Waals surface area contributed by atoms with Crippen molar-refractivity contribution in [2.75, 3.05) is 19.7 Å². The van der Waals surface area contributed by atoms with E-state index in [-0.39, 0.29) is 12.0 Å². The molecule has 19 heavy (non-hydrogen) atoms. The van der Waals surface area contributed by atoms with Crippen molar-refractivity contribution in [3.05, 3.63) is 29.3 Å². The fourth-order valence-electron chi connectivity index (χ4n) is 2.24. The van der Waals surface area contributed by atoms with Crippen LogP contribution in [-0.4, -0.2) is 35.7 Å². The van der Waals surface area contributed by atoms with E-state index in [4.69, 9.17) is 9.84 Å². The summed E-state index contributed by atoms with van der Waals surface area (Å²) >= 11 is 0. The van der Waals surface area contributed by atoms with Crippen molar-refractivity contribution in [3.8, 4) is 5.75 Å². The highest BCUT2D eigenvalue weighted by molar-refractivity contribution is 5.69. The highest BCUT2D eigenvalue weighted by atomic mass is 16.5. The van der Waals surface area contributed by atoms with Crippen molar-refractivity contribution in [1.82, 2.24) is 4.90 Å². The van der Waals surface area contributed by atoms with Crippen LogP contribution in [0.5, 0.6) is 5.75 Å². The van der Waals surface area contributed by atoms with E-state index < -0.39 is 5.97 Å². The third-order valence-corrected chi connectivity index (χ3v) is 3.34. The first kappa shape index (κ1) is 13.9. The fraction of sp³-hybridized carbons (Fsp3) is 0.533. The average molecular weight is 263 g/mol. The average Bonchev–Trinajstić information content (AvgIpc) is 2.47. The summed E-state index contributed by atoms with van der Waals surface area (Å²) < 4.78 is 5.69. The van der Waals surface area contributed by atoms with Gasteiger partial charge in [-0.3, -0.25) is 9.69 Å². The van der Waals surface area contributed by atoms with Gasteiger partial charge in [0, 0.05) is 18.7 Å². The number of carbonyl (C=O) groups is 1. The number of hydrogen-bond donors (Lipinski definition) is 1. The third-order valence-electron chi connectivity index (χ3n) is 3.34. The molecule has 0 unspecified atom stereocenters. The van der Waals surface area contributed by atoms with Gasteiger partial charge in [0.2, 0.25) is 0 Å². The Labute approximate surface area is 114 Å². The van der Waals surface area contributed by atoms with E-state index >= 15 is 0 Å². The summed E-state index contributed by atoms with van der Waals surface area (Å²) in [5, 5.41) is 8.91. The molecule has 1 aliphatic heterocycles. The molecule has 0 bridgehead atoms. The van der Waals surface area contributed by atoms with Crippen molar-refractivity contribution >= 4 is 5.97 Å². The Morgan fingerprint density at radius 1 is 1.42 bits per heavy atom. The maximum Gasteiger partial charge on any atom is 0.317 e. The summed E-state index contributed by atoms with van der Waals surface area (Å²) in [5.74, 6) is 0.0799. The molecule has 0 saturated heterocycles. The molecule has 1 heterocycles. The molecule has 104 valence electrons. The first-order valence-corrected chi connectivity index (χ1v) is 6.56. The molecule has 4 heteroatoms. The Kier molecular flexibility index (Phi) is 3.80. The lowest BCUT2D eigenvalue weighted by atomic mass is 9.86. The van der Waals surface area contributed by atoms with Crippen molar-refractivity contribution < 1.29 is 14.6 Å². The maximum absolute atomic E-state index is 10.8. The van der Waals surface area contributed by atoms with Crippen LogP contribution in [0, 0.1) is 0 Å². The molecule has 0 atom stereocenters. The van der Waals surface area contributed by atoms with Gasteiger partial charge < -0.3 is 9.84 Å². The van der Waals surface area contributed by atoms with Gasteiger partial charge in [-0.15, -0.1) is 0 Å². The number of fused-ring (bicyclic) bond motifs is 1. The Bertz CT molecular complexity index is 477. The zero-order valence-corrected chi connectivity index (χ0v) is 11.8. The minimum absolute atomic E-state index is 0.0581. The van der Waals surface area contributed by atoms with E-state index in [2.05, 4.69) is 32.9 Å². The van der Waals surface area contributed by atoms with Gasteiger partial charge in [-0.2, -0.15) is 0 Å². The quantitative estimate of drug-likeness (QED) is 0.889. The van der Waals surface area contributed by atoms with E-state index in [0.717, 1.165) is 11.3 Å². The summed E-state index contributed by atoms with van der Waals surface area (Å²) in [4.78, 5) is 12.7. The molecule has 1 aromatic rings. The van der Waals surface area contributed by atoms with Crippen molar-refractivity contribution in [3.63, 3.8) is 0 Å². The summed E-state index contributed by atoms with van der Waals surface area (Å²) in [6.45, 7) is 8.37. The predicted octanol–water partition coefficient (Wildman–Crippen LogP) is 2.26. The molecule has 0 fully saturated rings. The number of ether oxygens (including phenoxy) is 1. The molecule has 1 aromatic carbocycles. The Morgan fingerprint density at radius 2 is 2.16 bits per heavy atom. The van der Waals surface area contributed by atoms with E-state index in [0.29, 0.717) is 19.7 Å². The molecule has 0 aromatic heterocycles. The van der Waals surface area contributed by atoms with E-state index in [9.17, 15) is 4.79 Å². The van der Waals surface area contributed by atoms with E-state index in [1.165, 1.54) is 5.56 Å². The second-order valence-electron chi connectivity index (χ2n) is 6.03. The second kappa shape index (κ2) is 5.21. The summed E-state index contributed by atoms with van der Waals surface area (Å²) in [6, 6.07) is 6.22. The number of rotatable bonds is 2. The van der Waals surface area contributed by atoms with Gasteiger partial charge in [-0.25, -0.2) is 0 Å². The molecule has 2 rings (SSSR count). The lowest BCUT2D eigenvalue weighted by Crippen LogP contribution is -2.31. The Balaban J connectivity index is 2.26. The number of aliphatic carboxylic acids is 1. The van der Waals surface area contributed by atoms with E-state index in [1.807, 2.05) is 11.0 Å². The van der Waals surface area contributed by atoms with E-state index in [1.54, 1.807) is 0 Å². The highest BCUT2D eigenvalue weighted by Gasteiger charge is 2.20. The monoisotopic (exact) mass is 263 g/mol. The smallest absolute Gasteiger partial charge is 0.317 e. The standard InChI is InChI=1S/C15H21NO3/c1-15(2,3)12-4-5-13-11(8-12)9-16(6-7-19-13)10-14(17)18/h4-5,8H,6-7,9-10H2,1-3H3,(H,17,18). The van der Waals surface area contributed by atoms with Gasteiger partial charge in [0.25, 0.3) is 0 Å². The lowest BCUT2D eigenvalue weighted by Gasteiger charge is -2.21. The number of carboxylic acids is 1. The van der Waals surface area contributed by atoms with Gasteiger partial charge in [0.15, 0.2) is 0 Å². The molecular formula is C15H21NO3. The van der Waals surface area contributed by atoms with Crippen LogP contribution in [0.2, 0.25) is 0 Å². The largest absolute Gasteiger partial charge is 0.492 e. The van der Waals surface area contributed by atoms with Crippen LogP contribution in [0.1, 0.15) is 31.9 Å². The molecule has 0 spiro atoms. The minimum atomic E-state index is -0.796. The number of benzene rings is 1. The van der Waals surface area contributed by atoms with Gasteiger partial charge in [-0.1, -0.05) is 32.9 Å². The maximum atomic E-state index is 10.8. The van der Waals surface area contributed by atoms with Crippen LogP contribution in [0.3, 0.4) is 0 Å². The Hall–Kier alpha value is -1.55. The summed E-state index contributed by atoms with van der Waals surface area (Å²) in [6.07, 6.45) is 0. The first-order valence-electron chi connectivity index (χ1n) is 6.56. The number of hydrogen-bond acceptors (Lipinski definition) is 3. The Morgan fingerprint density at radius 3 is 2.79 bits per heavy atom. The van der Waals surface area contributed by atoms with Gasteiger partial charge in [0.05, 0.1) is 6.54 Å². The second-order valence-corrected chi connectivity index (χ2v) is 6.03. The topological polar surface area (TPSA) is 49.8 Å². The van der Waals surface area contributed by atoms with Crippen LogP contribution in [0.25, 0.3) is 0 Å². The van der Waals surface area contributed by atoms with Crippen molar-refractivity contribution in [1.29, 1.82) is 0 Å². The molecule has 0 amide bonds. The van der Waals surface area contributed by atoms with Crippen LogP contribution >= 0.6 is 0 Å². The third kappa shape index (κ3) is 3.47. The normalized spacial score (nSPS) is 16.4. The van der Waals surface area contributed by atoms with Crippen LogP contribution in [-0.2, 0) is 16.8 Å². The molecule has 4 nitrogen and oxygen atoms in total. The zero-order chi connectivity index (χ0) is 14.0. The summed E-state index contributed by atoms with van der Waals surface area (Å²) in [7, 11) is 0. The molecular weight excluding hydrogens is 242 g/mol. The number of carboxylic acid groups (broad SMARTS) is 1. The van der Waals surface area contributed by atoms with Gasteiger partial charge in [0.1, 0.15) is 12.4 Å². The van der Waals surface area contributed by atoms with Crippen molar-refractivity contribution in [2.24, 2.45) is 0 Å². The molecule has 1 N–H and O–H groups in total. The lowest BCUT2D eigenvalue weighted by molar-refractivity contribution is -0.138. The van der Waals surface area contributed by atoms with Crippen molar-refractivity contribution in [2.45, 2.75) is 32.7 Å². The minimum Gasteiger partial charge on any atom is -0.492 e. The molecule has 0 radical (unpaired) electrons. The molecule has 1 aliphatic rings. The molecule has 0 saturated carbocycles. The number of nitrogens with zero attached hydrogens (tertiary/aromatic N) is 1. The zero-order valence-electron chi connectivity index (χ0n) is 11.8. The fourth-order valence-corrected chi connectivity index (χ4v) is 2.24. The predicted molar refractivity (Wildman–Crippen MR) is 73.5 cm³/mol. The first-order chi connectivity index (χ1) is 8.86. The van der Waals surface area contributed by atoms with Crippen LogP contribution in [0.15, 0.2) is 18.2 Å². The van der Waals surface area contributed by atoms with Crippen LogP contribution in [0.4, 0.5) is 0 Å². The van der Waals surface area contributed by atoms with Crippen LogP contribution < -0.4 is 4.74 Å².